The van der Waals surface area contributed by atoms with Gasteiger partial charge in [0.25, 0.3) is 0 Å². The van der Waals surface area contributed by atoms with Crippen LogP contribution in [-0.4, -0.2) is 0 Å². The lowest BCUT2D eigenvalue weighted by Crippen LogP contribution is -2.26. The molecule has 1 unspecified atom stereocenters. The van der Waals surface area contributed by atoms with Gasteiger partial charge in [-0.1, -0.05) is 146 Å². The van der Waals surface area contributed by atoms with Gasteiger partial charge in [-0.25, -0.2) is 0 Å². The summed E-state index contributed by atoms with van der Waals surface area (Å²) >= 11 is 0. The second kappa shape index (κ2) is 12.7. The highest BCUT2D eigenvalue weighted by molar-refractivity contribution is 6.10. The normalized spacial score (nSPS) is 15.8. The number of rotatable bonds is 6. The molecule has 1 atom stereocenters. The average molecular weight is 746 g/mol. The minimum absolute atomic E-state index is 0.0959. The molecule has 2 aliphatic rings. The van der Waals surface area contributed by atoms with Crippen LogP contribution in [-0.2, 0) is 5.41 Å². The number of para-hydroxylation sites is 5. The molecule has 0 saturated carbocycles. The van der Waals surface area contributed by atoms with Crippen molar-refractivity contribution in [3.63, 3.8) is 0 Å². The van der Waals surface area contributed by atoms with Crippen LogP contribution in [0.4, 0.5) is 34.1 Å². The Kier molecular flexibility index (Phi) is 6.11. The van der Waals surface area contributed by atoms with E-state index in [0.717, 1.165) is 72.4 Å². The first-order valence-electron chi connectivity index (χ1n) is 22.0. The SMILES string of the molecule is [2H]c1c([2H])c([2H])c(N(c2ccccc2)c2ccc3c(c2)-c2ccccc2C32c3ccccc3-c3cc(N(c4ccccc4)c4cccc5c4oc4ccccc45)ccc32)c([2H])c1[2H]. The molecule has 3 nitrogen and oxygen atoms in total. The molecule has 58 heavy (non-hydrogen) atoms. The van der Waals surface area contributed by atoms with Gasteiger partial charge in [0.1, 0.15) is 5.58 Å². The van der Waals surface area contributed by atoms with Crippen molar-refractivity contribution >= 4 is 56.1 Å². The van der Waals surface area contributed by atoms with Gasteiger partial charge < -0.3 is 14.2 Å². The van der Waals surface area contributed by atoms with Crippen LogP contribution < -0.4 is 9.80 Å². The quantitative estimate of drug-likeness (QED) is 0.169. The first-order valence-corrected chi connectivity index (χ1v) is 19.5. The van der Waals surface area contributed by atoms with Gasteiger partial charge >= 0.3 is 0 Å². The van der Waals surface area contributed by atoms with Crippen molar-refractivity contribution in [3.8, 4) is 22.3 Å². The van der Waals surface area contributed by atoms with Crippen LogP contribution in [0.1, 0.15) is 29.1 Å². The van der Waals surface area contributed by atoms with Crippen molar-refractivity contribution in [3.05, 3.63) is 241 Å². The fraction of sp³-hybridized carbons (Fsp3) is 0.0182. The number of hydrogen-bond donors (Lipinski definition) is 0. The summed E-state index contributed by atoms with van der Waals surface area (Å²) in [6.07, 6.45) is 0. The van der Waals surface area contributed by atoms with E-state index in [1.165, 1.54) is 11.1 Å². The van der Waals surface area contributed by atoms with Crippen LogP contribution in [0.25, 0.3) is 44.2 Å². The first-order chi connectivity index (χ1) is 30.9. The Bertz CT molecular complexity index is 3470. The zero-order valence-corrected chi connectivity index (χ0v) is 31.2. The number of hydrogen-bond acceptors (Lipinski definition) is 3. The molecule has 9 aromatic carbocycles. The molecule has 272 valence electrons. The second-order valence-electron chi connectivity index (χ2n) is 14.9. The van der Waals surface area contributed by atoms with Gasteiger partial charge in [0.2, 0.25) is 0 Å². The molecule has 0 amide bonds. The summed E-state index contributed by atoms with van der Waals surface area (Å²) in [5, 5.41) is 2.14. The van der Waals surface area contributed by atoms with Gasteiger partial charge in [-0.05, 0) is 117 Å². The molecule has 0 bridgehead atoms. The third-order valence-electron chi connectivity index (χ3n) is 11.9. The zero-order valence-electron chi connectivity index (χ0n) is 36.2. The minimum Gasteiger partial charge on any atom is -0.454 e. The maximum absolute atomic E-state index is 9.03. The summed E-state index contributed by atoms with van der Waals surface area (Å²) in [5.41, 5.74) is 14.5. The van der Waals surface area contributed by atoms with Gasteiger partial charge in [-0.15, -0.1) is 0 Å². The highest BCUT2D eigenvalue weighted by Gasteiger charge is 2.51. The number of anilines is 6. The predicted molar refractivity (Wildman–Crippen MR) is 239 cm³/mol. The molecule has 10 aromatic rings. The molecule has 0 fully saturated rings. The largest absolute Gasteiger partial charge is 0.454 e. The van der Waals surface area contributed by atoms with Gasteiger partial charge in [-0.2, -0.15) is 0 Å². The van der Waals surface area contributed by atoms with Crippen molar-refractivity contribution in [2.24, 2.45) is 0 Å². The standard InChI is InChI=1S/C55H36N2O/c1-4-17-37(18-5-1)56(38-19-6-2-7-20-38)40-31-33-50-46(35-40)42-23-10-13-27-48(42)55(50)49-28-14-11-24-43(49)47-36-41(32-34-51(47)55)57(39-21-8-3-9-22-39)52-29-16-26-45-44-25-12-15-30-53(44)58-54(45)52/h1-36H/i1D,4D,5D,17D,18D. The van der Waals surface area contributed by atoms with E-state index in [9.17, 15) is 0 Å². The topological polar surface area (TPSA) is 19.6 Å². The molecular weight excluding hydrogens is 705 g/mol. The zero-order chi connectivity index (χ0) is 42.6. The fourth-order valence-corrected chi connectivity index (χ4v) is 9.66. The molecular formula is C55H36N2O. The van der Waals surface area contributed by atoms with Gasteiger partial charge in [0.05, 0.1) is 18.0 Å². The molecule has 12 rings (SSSR count). The highest BCUT2D eigenvalue weighted by Crippen LogP contribution is 2.64. The third-order valence-corrected chi connectivity index (χ3v) is 11.9. The van der Waals surface area contributed by atoms with Gasteiger partial charge in [0, 0.05) is 39.2 Å². The van der Waals surface area contributed by atoms with E-state index < -0.39 is 11.5 Å². The van der Waals surface area contributed by atoms with Crippen LogP contribution in [0.5, 0.6) is 0 Å². The van der Waals surface area contributed by atoms with Crippen molar-refractivity contribution in [2.45, 2.75) is 5.41 Å². The van der Waals surface area contributed by atoms with E-state index >= 15 is 0 Å². The Morgan fingerprint density at radius 3 is 1.55 bits per heavy atom. The van der Waals surface area contributed by atoms with Crippen LogP contribution in [0.3, 0.4) is 0 Å². The van der Waals surface area contributed by atoms with E-state index in [0.29, 0.717) is 11.4 Å². The molecule has 0 aliphatic heterocycles. The lowest BCUT2D eigenvalue weighted by Gasteiger charge is -2.32. The maximum atomic E-state index is 9.03. The molecule has 3 heteroatoms. The predicted octanol–water partition coefficient (Wildman–Crippen LogP) is 14.9. The van der Waals surface area contributed by atoms with E-state index in [4.69, 9.17) is 11.3 Å². The number of furan rings is 1. The molecule has 1 aromatic heterocycles. The summed E-state index contributed by atoms with van der Waals surface area (Å²) in [4.78, 5) is 4.08. The van der Waals surface area contributed by atoms with Crippen molar-refractivity contribution in [1.29, 1.82) is 0 Å². The van der Waals surface area contributed by atoms with E-state index in [2.05, 4.69) is 132 Å². The van der Waals surface area contributed by atoms with E-state index in [-0.39, 0.29) is 29.9 Å². The molecule has 1 heterocycles. The summed E-state index contributed by atoms with van der Waals surface area (Å²) in [6, 6.07) is 63.2. The van der Waals surface area contributed by atoms with Crippen LogP contribution >= 0.6 is 0 Å². The summed E-state index contributed by atoms with van der Waals surface area (Å²) in [6.45, 7) is 0. The molecule has 0 saturated heterocycles. The Morgan fingerprint density at radius 1 is 0.379 bits per heavy atom. The number of fused-ring (bicyclic) bond motifs is 13. The van der Waals surface area contributed by atoms with E-state index in [1.807, 2.05) is 60.7 Å². The average Bonchev–Trinajstić information content (AvgIpc) is 3.96. The molecule has 2 aliphatic carbocycles. The first kappa shape index (κ1) is 27.9. The third kappa shape index (κ3) is 4.62. The minimum atomic E-state index is -0.653. The Hall–Kier alpha value is -7.62. The number of benzene rings is 9. The van der Waals surface area contributed by atoms with Gasteiger partial charge in [0.15, 0.2) is 5.58 Å². The summed E-state index contributed by atoms with van der Waals surface area (Å²) in [5.74, 6) is 0. The Labute approximate surface area is 344 Å². The highest BCUT2D eigenvalue weighted by atomic mass is 16.3. The summed E-state index contributed by atoms with van der Waals surface area (Å²) in [7, 11) is 0. The van der Waals surface area contributed by atoms with E-state index in [1.54, 1.807) is 4.90 Å². The molecule has 1 spiro atoms. The van der Waals surface area contributed by atoms with Crippen LogP contribution in [0.2, 0.25) is 0 Å². The Balaban J connectivity index is 1.08. The lowest BCUT2D eigenvalue weighted by molar-refractivity contribution is 0.669. The van der Waals surface area contributed by atoms with Crippen molar-refractivity contribution in [1.82, 2.24) is 0 Å². The smallest absolute Gasteiger partial charge is 0.159 e. The fourth-order valence-electron chi connectivity index (χ4n) is 9.66. The number of nitrogens with zero attached hydrogens (tertiary/aromatic N) is 2. The maximum Gasteiger partial charge on any atom is 0.159 e. The molecule has 0 radical (unpaired) electrons. The monoisotopic (exact) mass is 745 g/mol. The van der Waals surface area contributed by atoms with Crippen molar-refractivity contribution < 1.29 is 11.3 Å². The summed E-state index contributed by atoms with van der Waals surface area (Å²) < 4.78 is 50.2. The van der Waals surface area contributed by atoms with Crippen molar-refractivity contribution in [2.75, 3.05) is 9.80 Å². The lowest BCUT2D eigenvalue weighted by atomic mass is 9.70. The second-order valence-corrected chi connectivity index (χ2v) is 14.9. The Morgan fingerprint density at radius 2 is 0.897 bits per heavy atom. The van der Waals surface area contributed by atoms with Crippen LogP contribution in [0, 0.1) is 0 Å². The van der Waals surface area contributed by atoms with Gasteiger partial charge in [-0.3, -0.25) is 0 Å². The van der Waals surface area contributed by atoms with Crippen LogP contribution in [0.15, 0.2) is 223 Å². The molecule has 0 N–H and O–H groups in total.